The Kier molecular flexibility index (Phi) is 6.16. The van der Waals surface area contributed by atoms with Crippen LogP contribution in [0.3, 0.4) is 0 Å². The second kappa shape index (κ2) is 7.14. The largest absolute Gasteiger partial charge is 0.390 e. The molecule has 92 valence electrons. The van der Waals surface area contributed by atoms with Crippen LogP contribution in [0.15, 0.2) is 16.9 Å². The van der Waals surface area contributed by atoms with Crippen LogP contribution >= 0.6 is 22.6 Å². The van der Waals surface area contributed by atoms with E-state index in [2.05, 4.69) is 34.5 Å². The van der Waals surface area contributed by atoms with Crippen molar-refractivity contribution in [3.8, 4) is 0 Å². The first kappa shape index (κ1) is 13.8. The summed E-state index contributed by atoms with van der Waals surface area (Å²) in [6.45, 7) is 2.29. The molecule has 1 fully saturated rings. The Morgan fingerprint density at radius 1 is 1.50 bits per heavy atom. The summed E-state index contributed by atoms with van der Waals surface area (Å²) >= 11 is 2.48. The Balaban J connectivity index is 2.63. The molecule has 4 heteroatoms. The SMILES string of the molecule is CC[C@@H]1CCCCC1[C@H](I)/C=C(/N)N=CN. The monoisotopic (exact) mass is 335 g/mol. The number of alkyl halides is 1. The van der Waals surface area contributed by atoms with Gasteiger partial charge in [-0.15, -0.1) is 0 Å². The Morgan fingerprint density at radius 2 is 2.19 bits per heavy atom. The zero-order valence-corrected chi connectivity index (χ0v) is 12.1. The van der Waals surface area contributed by atoms with Gasteiger partial charge in [0.1, 0.15) is 5.82 Å². The smallest absolute Gasteiger partial charge is 0.122 e. The molecule has 1 aliphatic rings. The van der Waals surface area contributed by atoms with Crippen molar-refractivity contribution in [2.75, 3.05) is 0 Å². The second-order valence-electron chi connectivity index (χ2n) is 4.43. The summed E-state index contributed by atoms with van der Waals surface area (Å²) in [7, 11) is 0. The van der Waals surface area contributed by atoms with Gasteiger partial charge in [0.25, 0.3) is 0 Å². The van der Waals surface area contributed by atoms with Crippen LogP contribution in [0, 0.1) is 11.8 Å². The fourth-order valence-electron chi connectivity index (χ4n) is 2.58. The average Bonchev–Trinajstić information content (AvgIpc) is 2.29. The van der Waals surface area contributed by atoms with Gasteiger partial charge in [-0.3, -0.25) is 0 Å². The molecule has 0 aliphatic heterocycles. The van der Waals surface area contributed by atoms with Gasteiger partial charge in [0.15, 0.2) is 0 Å². The maximum atomic E-state index is 5.76. The Labute approximate surface area is 112 Å². The van der Waals surface area contributed by atoms with E-state index in [1.54, 1.807) is 0 Å². The van der Waals surface area contributed by atoms with E-state index in [9.17, 15) is 0 Å². The lowest BCUT2D eigenvalue weighted by Crippen LogP contribution is -2.26. The number of halogens is 1. The van der Waals surface area contributed by atoms with E-state index in [1.807, 2.05) is 6.08 Å². The lowest BCUT2D eigenvalue weighted by molar-refractivity contribution is 0.241. The molecule has 0 spiro atoms. The molecule has 1 aliphatic carbocycles. The first-order valence-electron chi connectivity index (χ1n) is 6.04. The van der Waals surface area contributed by atoms with Crippen molar-refractivity contribution in [1.29, 1.82) is 0 Å². The zero-order valence-electron chi connectivity index (χ0n) is 9.90. The molecule has 0 aromatic heterocycles. The summed E-state index contributed by atoms with van der Waals surface area (Å²) in [5.41, 5.74) is 11.0. The summed E-state index contributed by atoms with van der Waals surface area (Å²) < 4.78 is 0.478. The number of allylic oxidation sites excluding steroid dienone is 1. The Morgan fingerprint density at radius 3 is 2.81 bits per heavy atom. The van der Waals surface area contributed by atoms with Crippen molar-refractivity contribution in [2.24, 2.45) is 28.3 Å². The summed E-state index contributed by atoms with van der Waals surface area (Å²) in [6.07, 6.45) is 10.0. The molecule has 0 saturated heterocycles. The van der Waals surface area contributed by atoms with Crippen molar-refractivity contribution in [1.82, 2.24) is 0 Å². The van der Waals surface area contributed by atoms with Gasteiger partial charge in [-0.1, -0.05) is 55.2 Å². The molecule has 0 aromatic rings. The highest BCUT2D eigenvalue weighted by Gasteiger charge is 2.28. The highest BCUT2D eigenvalue weighted by atomic mass is 127. The van der Waals surface area contributed by atoms with E-state index in [1.165, 1.54) is 38.4 Å². The molecule has 1 rings (SSSR count). The molecule has 1 saturated carbocycles. The summed E-state index contributed by atoms with van der Waals surface area (Å²) in [5, 5.41) is 0. The van der Waals surface area contributed by atoms with Crippen molar-refractivity contribution in [3.63, 3.8) is 0 Å². The highest BCUT2D eigenvalue weighted by molar-refractivity contribution is 14.1. The molecule has 4 N–H and O–H groups in total. The minimum Gasteiger partial charge on any atom is -0.390 e. The normalized spacial score (nSPS) is 29.5. The summed E-state index contributed by atoms with van der Waals surface area (Å²) in [5.74, 6) is 2.15. The molecule has 0 amide bonds. The number of rotatable bonds is 4. The lowest BCUT2D eigenvalue weighted by Gasteiger charge is -2.33. The molecule has 0 radical (unpaired) electrons. The van der Waals surface area contributed by atoms with Gasteiger partial charge in [0, 0.05) is 3.92 Å². The molecule has 0 bridgehead atoms. The summed E-state index contributed by atoms with van der Waals surface area (Å²) in [4.78, 5) is 3.90. The van der Waals surface area contributed by atoms with Crippen LogP contribution in [-0.2, 0) is 0 Å². The minimum atomic E-state index is 0.478. The van der Waals surface area contributed by atoms with Gasteiger partial charge in [-0.2, -0.15) is 0 Å². The highest BCUT2D eigenvalue weighted by Crippen LogP contribution is 2.37. The van der Waals surface area contributed by atoms with E-state index >= 15 is 0 Å². The standard InChI is InChI=1S/C12H22IN3/c1-2-9-5-3-4-6-10(9)11(13)7-12(15)16-8-14/h7-11H,2-6,15H2,1H3,(H2,14,16)/b12-7-/t9-,10?,11-/m1/s1. The third kappa shape index (κ3) is 3.96. The first-order chi connectivity index (χ1) is 7.69. The van der Waals surface area contributed by atoms with Crippen LogP contribution in [0.4, 0.5) is 0 Å². The third-order valence-corrected chi connectivity index (χ3v) is 4.74. The predicted octanol–water partition coefficient (Wildman–Crippen LogP) is 2.79. The Hall–Kier alpha value is -0.260. The van der Waals surface area contributed by atoms with Crippen LogP contribution in [-0.4, -0.2) is 10.3 Å². The van der Waals surface area contributed by atoms with E-state index < -0.39 is 0 Å². The zero-order chi connectivity index (χ0) is 12.0. The number of hydrogen-bond donors (Lipinski definition) is 2. The van der Waals surface area contributed by atoms with Crippen LogP contribution in [0.5, 0.6) is 0 Å². The van der Waals surface area contributed by atoms with Gasteiger partial charge in [-0.25, -0.2) is 4.99 Å². The van der Waals surface area contributed by atoms with Gasteiger partial charge in [0.05, 0.1) is 6.34 Å². The van der Waals surface area contributed by atoms with Crippen LogP contribution in [0.2, 0.25) is 0 Å². The summed E-state index contributed by atoms with van der Waals surface area (Å²) in [6, 6.07) is 0. The molecule has 3 atom stereocenters. The topological polar surface area (TPSA) is 64.4 Å². The van der Waals surface area contributed by atoms with Crippen molar-refractivity contribution in [3.05, 3.63) is 11.9 Å². The molecule has 16 heavy (non-hydrogen) atoms. The minimum absolute atomic E-state index is 0.478. The fourth-order valence-corrected chi connectivity index (χ4v) is 3.89. The molecule has 3 nitrogen and oxygen atoms in total. The van der Waals surface area contributed by atoms with Gasteiger partial charge in [0.2, 0.25) is 0 Å². The third-order valence-electron chi connectivity index (χ3n) is 3.45. The molecular weight excluding hydrogens is 313 g/mol. The molecule has 0 aromatic carbocycles. The van der Waals surface area contributed by atoms with E-state index in [-0.39, 0.29) is 0 Å². The average molecular weight is 335 g/mol. The van der Waals surface area contributed by atoms with E-state index in [0.29, 0.717) is 9.75 Å². The number of aliphatic imine (C=N–C) groups is 1. The van der Waals surface area contributed by atoms with Gasteiger partial charge >= 0.3 is 0 Å². The lowest BCUT2D eigenvalue weighted by atomic mass is 9.76. The van der Waals surface area contributed by atoms with Crippen LogP contribution in [0.25, 0.3) is 0 Å². The Bertz CT molecular complexity index is 263. The number of nitrogens with two attached hydrogens (primary N) is 2. The van der Waals surface area contributed by atoms with E-state index in [4.69, 9.17) is 11.5 Å². The van der Waals surface area contributed by atoms with Crippen LogP contribution in [0.1, 0.15) is 39.0 Å². The fraction of sp³-hybridized carbons (Fsp3) is 0.750. The maximum Gasteiger partial charge on any atom is 0.122 e. The molecule has 1 unspecified atom stereocenters. The number of nitrogens with zero attached hydrogens (tertiary/aromatic N) is 1. The number of hydrogen-bond acceptors (Lipinski definition) is 2. The second-order valence-corrected chi connectivity index (χ2v) is 5.87. The molecule has 0 heterocycles. The quantitative estimate of drug-likeness (QED) is 0.359. The van der Waals surface area contributed by atoms with Gasteiger partial charge in [-0.05, 0) is 24.3 Å². The van der Waals surface area contributed by atoms with Gasteiger partial charge < -0.3 is 11.5 Å². The molecular formula is C12H22IN3. The maximum absolute atomic E-state index is 5.76. The predicted molar refractivity (Wildman–Crippen MR) is 78.5 cm³/mol. The van der Waals surface area contributed by atoms with Crippen molar-refractivity contribution in [2.45, 2.75) is 43.0 Å². The van der Waals surface area contributed by atoms with Crippen molar-refractivity contribution >= 4 is 28.9 Å². The van der Waals surface area contributed by atoms with Crippen molar-refractivity contribution < 1.29 is 0 Å². The first-order valence-corrected chi connectivity index (χ1v) is 7.29. The van der Waals surface area contributed by atoms with E-state index in [0.717, 1.165) is 11.8 Å². The van der Waals surface area contributed by atoms with Crippen LogP contribution < -0.4 is 11.5 Å².